The molecule has 0 atom stereocenters. The van der Waals surface area contributed by atoms with Gasteiger partial charge in [-0.05, 0) is 210 Å². The summed E-state index contributed by atoms with van der Waals surface area (Å²) in [5.74, 6) is -4.51. The highest BCUT2D eigenvalue weighted by Crippen LogP contribution is 2.36. The smallest absolute Gasteiger partial charge is 0.343 e. The number of hydrogen-bond acceptors (Lipinski definition) is 22. The summed E-state index contributed by atoms with van der Waals surface area (Å²) in [5.41, 5.74) is 13.2. The Morgan fingerprint density at radius 2 is 0.449 bits per heavy atom. The van der Waals surface area contributed by atoms with Crippen molar-refractivity contribution in [3.8, 4) is 46.0 Å². The molecule has 0 saturated heterocycles. The average molecular weight is 1630 g/mol. The van der Waals surface area contributed by atoms with Gasteiger partial charge in [0.1, 0.15) is 46.0 Å². The second kappa shape index (κ2) is 56.5. The number of amides is 2. The van der Waals surface area contributed by atoms with Gasteiger partial charge in [0.25, 0.3) is 11.8 Å². The Kier molecular flexibility index (Phi) is 45.5. The number of primary amides is 2. The van der Waals surface area contributed by atoms with Crippen molar-refractivity contribution in [2.24, 2.45) is 11.5 Å². The van der Waals surface area contributed by atoms with Gasteiger partial charge in [0, 0.05) is 24.3 Å². The first kappa shape index (κ1) is 95.0. The Balaban J connectivity index is 1.10. The molecule has 0 saturated carbocycles. The number of ether oxygens (including phenoxy) is 12. The van der Waals surface area contributed by atoms with Gasteiger partial charge >= 0.3 is 47.8 Å². The minimum Gasteiger partial charge on any atom is -0.494 e. The Labute approximate surface area is 693 Å². The minimum atomic E-state index is -0.933. The highest BCUT2D eigenvalue weighted by molar-refractivity contribution is 6.01. The van der Waals surface area contributed by atoms with Gasteiger partial charge in [0.05, 0.1) is 86.2 Å². The largest absolute Gasteiger partial charge is 0.494 e. The zero-order chi connectivity index (χ0) is 84.8. The second-order valence-electron chi connectivity index (χ2n) is 28.3. The Hall–Kier alpha value is -11.8. The van der Waals surface area contributed by atoms with Crippen LogP contribution in [0.1, 0.15) is 266 Å². The number of nitrogens with two attached hydrogens (primary N) is 2. The van der Waals surface area contributed by atoms with E-state index in [1.165, 1.54) is 12.1 Å². The quantitative estimate of drug-likeness (QED) is 0.0118. The fraction of sp³-hybridized carbons (Fsp3) is 0.426. The molecule has 6 aromatic carbocycles. The van der Waals surface area contributed by atoms with Crippen molar-refractivity contribution in [3.63, 3.8) is 0 Å². The van der Waals surface area contributed by atoms with Crippen molar-refractivity contribution < 1.29 is 105 Å². The summed E-state index contributed by atoms with van der Waals surface area (Å²) in [6, 6.07) is 31.5. The molecular weight excluding hydrogens is 1510 g/mol. The lowest BCUT2D eigenvalue weighted by molar-refractivity contribution is -0.138. The topological polar surface area (TPSA) is 333 Å². The van der Waals surface area contributed by atoms with Crippen LogP contribution in [0, 0.1) is 0 Å². The van der Waals surface area contributed by atoms with Crippen LogP contribution in [0.25, 0.3) is 0 Å². The molecular formula is C94H116N2O22. The van der Waals surface area contributed by atoms with Gasteiger partial charge < -0.3 is 68.3 Å². The number of benzene rings is 6. The standard InChI is InChI=1S/C94H116N2O22/c1-5-83(97)111-61-35-25-15-11-21-31-57-107-75-49-41-69(42-50-75)91(103)115-79-65-73(87(81(67-79)89(95)101)117-93(105)71-45-53-77(54-46-71)109-59-33-23-13-17-27-37-63-113-85(99)7-3)39-29-19-9-10-20-30-40-74-66-80(116-92(104)70-43-51-76(52-44-70)108-58-32-22-12-16-26-36-62-112-84(98)6-2)68-82(90(96)102)88(74)118-94(106)72-47-55-78(56-48-72)110-60-34-24-14-18-28-38-64-114-86(100)8-4/h5-8,41-56,65-68H,1-4,9-40,57-64H2,(H2,95,101)(H2,96,102). The van der Waals surface area contributed by atoms with Gasteiger partial charge in [-0.15, -0.1) is 0 Å². The molecule has 0 heterocycles. The SMILES string of the molecule is C=CC(=O)OCCCCCCCCOc1ccc(C(=O)Oc2cc(CCCCCCCCc3cc(OC(=O)c4ccc(OCCCCCCCCOC(=O)C=C)cc4)cc(C(N)=O)c3OC(=O)c3ccc(OCCCCCCCCOC(=O)C=C)cc3)c(OC(=O)c3ccc(OCCCCCCCCOC(=O)C=C)cc3)c(C(N)=O)c2)cc1. The first-order valence-electron chi connectivity index (χ1n) is 41.3. The molecule has 634 valence electrons. The maximum absolute atomic E-state index is 14.0. The van der Waals surface area contributed by atoms with Crippen LogP contribution in [-0.4, -0.2) is 112 Å². The third-order valence-electron chi connectivity index (χ3n) is 19.0. The molecule has 0 spiro atoms. The average Bonchev–Trinajstić information content (AvgIpc) is 0.806. The molecule has 2 amide bonds. The van der Waals surface area contributed by atoms with E-state index in [4.69, 9.17) is 68.3 Å². The zero-order valence-corrected chi connectivity index (χ0v) is 68.1. The van der Waals surface area contributed by atoms with Crippen molar-refractivity contribution >= 4 is 59.6 Å². The van der Waals surface area contributed by atoms with Gasteiger partial charge in [-0.3, -0.25) is 9.59 Å². The molecule has 0 bridgehead atoms. The fourth-order valence-electron chi connectivity index (χ4n) is 12.5. The molecule has 6 aromatic rings. The minimum absolute atomic E-state index is 0.00507. The molecule has 118 heavy (non-hydrogen) atoms. The first-order chi connectivity index (χ1) is 57.4. The lowest BCUT2D eigenvalue weighted by Gasteiger charge is -2.16. The van der Waals surface area contributed by atoms with Crippen LogP contribution >= 0.6 is 0 Å². The van der Waals surface area contributed by atoms with E-state index in [9.17, 15) is 47.9 Å². The third kappa shape index (κ3) is 37.9. The molecule has 24 heteroatoms. The lowest BCUT2D eigenvalue weighted by Crippen LogP contribution is -2.18. The summed E-state index contributed by atoms with van der Waals surface area (Å²) in [6.45, 7) is 17.0. The summed E-state index contributed by atoms with van der Waals surface area (Å²) in [7, 11) is 0. The second-order valence-corrected chi connectivity index (χ2v) is 28.3. The summed E-state index contributed by atoms with van der Waals surface area (Å²) in [6.07, 6.45) is 30.8. The predicted molar refractivity (Wildman–Crippen MR) is 448 cm³/mol. The maximum Gasteiger partial charge on any atom is 0.343 e. The van der Waals surface area contributed by atoms with Crippen LogP contribution < -0.4 is 49.4 Å². The highest BCUT2D eigenvalue weighted by Gasteiger charge is 2.25. The van der Waals surface area contributed by atoms with E-state index < -0.39 is 59.6 Å². The Morgan fingerprint density at radius 1 is 0.246 bits per heavy atom. The van der Waals surface area contributed by atoms with Gasteiger partial charge in [-0.2, -0.15) is 0 Å². The van der Waals surface area contributed by atoms with Gasteiger partial charge in [0.15, 0.2) is 0 Å². The number of hydrogen-bond donors (Lipinski definition) is 2. The molecule has 0 radical (unpaired) electrons. The fourth-order valence-corrected chi connectivity index (χ4v) is 12.5. The van der Waals surface area contributed by atoms with Crippen LogP contribution in [-0.2, 0) is 51.0 Å². The van der Waals surface area contributed by atoms with E-state index in [2.05, 4.69) is 26.3 Å². The van der Waals surface area contributed by atoms with E-state index in [1.54, 1.807) is 109 Å². The van der Waals surface area contributed by atoms with Crippen LogP contribution in [0.15, 0.2) is 172 Å². The molecule has 6 rings (SSSR count). The molecule has 0 aliphatic heterocycles. The number of esters is 8. The number of aryl methyl sites for hydroxylation is 2. The summed E-state index contributed by atoms with van der Waals surface area (Å²) in [4.78, 5) is 127. The van der Waals surface area contributed by atoms with E-state index in [-0.39, 0.29) is 69.2 Å². The maximum atomic E-state index is 14.0. The third-order valence-corrected chi connectivity index (χ3v) is 19.0. The van der Waals surface area contributed by atoms with Gasteiger partial charge in [-0.1, -0.05) is 155 Å². The molecule has 0 unspecified atom stereocenters. The van der Waals surface area contributed by atoms with E-state index in [0.29, 0.717) is 126 Å². The summed E-state index contributed by atoms with van der Waals surface area (Å²) in [5, 5.41) is 0. The molecule has 24 nitrogen and oxygen atoms in total. The molecule has 0 aliphatic rings. The van der Waals surface area contributed by atoms with E-state index >= 15 is 0 Å². The van der Waals surface area contributed by atoms with Crippen LogP contribution in [0.2, 0.25) is 0 Å². The van der Waals surface area contributed by atoms with Crippen LogP contribution in [0.4, 0.5) is 0 Å². The number of rotatable bonds is 63. The van der Waals surface area contributed by atoms with Crippen molar-refractivity contribution in [1.29, 1.82) is 0 Å². The normalized spacial score (nSPS) is 10.7. The zero-order valence-electron chi connectivity index (χ0n) is 68.1. The summed E-state index contributed by atoms with van der Waals surface area (Å²) >= 11 is 0. The predicted octanol–water partition coefficient (Wildman–Crippen LogP) is 18.7. The van der Waals surface area contributed by atoms with Crippen molar-refractivity contribution in [3.05, 3.63) is 216 Å². The number of carbonyl (C=O) groups is 10. The highest BCUT2D eigenvalue weighted by atomic mass is 16.6. The summed E-state index contributed by atoms with van der Waals surface area (Å²) < 4.78 is 67.9. The molecule has 0 aromatic heterocycles. The van der Waals surface area contributed by atoms with E-state index in [1.807, 2.05) is 0 Å². The molecule has 4 N–H and O–H groups in total. The van der Waals surface area contributed by atoms with Crippen molar-refractivity contribution in [1.82, 2.24) is 0 Å². The number of carbonyl (C=O) groups excluding carboxylic acids is 10. The van der Waals surface area contributed by atoms with Crippen molar-refractivity contribution in [2.75, 3.05) is 52.9 Å². The monoisotopic (exact) mass is 1620 g/mol. The van der Waals surface area contributed by atoms with Crippen molar-refractivity contribution in [2.45, 2.75) is 205 Å². The lowest BCUT2D eigenvalue weighted by atomic mass is 9.99. The van der Waals surface area contributed by atoms with Crippen LogP contribution in [0.3, 0.4) is 0 Å². The van der Waals surface area contributed by atoms with E-state index in [0.717, 1.165) is 178 Å². The van der Waals surface area contributed by atoms with Gasteiger partial charge in [-0.25, -0.2) is 38.4 Å². The number of unbranched alkanes of at least 4 members (excludes halogenated alkanes) is 25. The Bertz CT molecular complexity index is 3900. The Morgan fingerprint density at radius 3 is 0.669 bits per heavy atom. The van der Waals surface area contributed by atoms with Gasteiger partial charge in [0.2, 0.25) is 0 Å². The molecule has 0 aliphatic carbocycles. The van der Waals surface area contributed by atoms with Crippen LogP contribution in [0.5, 0.6) is 46.0 Å². The first-order valence-corrected chi connectivity index (χ1v) is 41.3. The molecule has 0 fully saturated rings.